The molecule has 5 aromatic carbocycles. The fraction of sp³-hybridized carbons (Fsp3) is 0.311. The quantitative estimate of drug-likeness (QED) is 0.0981. The molecule has 2 aliphatic heterocycles. The van der Waals surface area contributed by atoms with Crippen molar-refractivity contribution in [1.82, 2.24) is 9.80 Å². The van der Waals surface area contributed by atoms with Crippen molar-refractivity contribution in [3.63, 3.8) is 0 Å². The summed E-state index contributed by atoms with van der Waals surface area (Å²) in [6.45, 7) is 9.84. The second-order valence-corrected chi connectivity index (χ2v) is 13.7. The summed E-state index contributed by atoms with van der Waals surface area (Å²) in [7, 11) is 0. The van der Waals surface area contributed by atoms with E-state index in [4.69, 9.17) is 0 Å². The molecule has 7 rings (SSSR count). The van der Waals surface area contributed by atoms with E-state index in [0.29, 0.717) is 18.8 Å². The Bertz CT molecular complexity index is 1600. The largest absolute Gasteiger partial charge is 0.507 e. The van der Waals surface area contributed by atoms with E-state index in [1.54, 1.807) is 6.92 Å². The SMILES string of the molecule is Cc1cc(CN2CCC[C@@H]2C(O)(c2ccccc2)c2ccccc2)c(O)c(CN2CCC[C@@H]2C(O)(c2ccccc2)c2ccccc2)c1.[CH2-]C.[Zn].[Zn]. The maximum Gasteiger partial charge on any atom is 0.130 e. The standard InChI is InChI=1S/C43H46N2O3.C2H5.2Zn/c1-32-28-33(30-44-26-14-24-39(44)42(47,35-16-6-2-7-17-35)36-18-8-3-9-19-36)41(46)34(29-32)31-45-27-15-25-40(45)43(48,37-20-10-4-11-21-37)38-22-12-5-13-23-38;1-2;;/h2-13,16-23,28-29,39-40,46-48H,14-15,24-27,30-31H2,1H3;1H2,2H3;;/q;-1;;/t39-,40-;;;/m1.../s1. The summed E-state index contributed by atoms with van der Waals surface area (Å²) in [5.74, 6) is 0.308. The zero-order valence-electron chi connectivity index (χ0n) is 30.9. The van der Waals surface area contributed by atoms with E-state index >= 15 is 0 Å². The van der Waals surface area contributed by atoms with Crippen molar-refractivity contribution in [3.8, 4) is 5.75 Å². The minimum absolute atomic E-state index is 0. The van der Waals surface area contributed by atoms with E-state index in [2.05, 4.69) is 35.8 Å². The number of nitrogens with zero attached hydrogens (tertiary/aromatic N) is 2. The minimum atomic E-state index is -1.19. The predicted octanol–water partition coefficient (Wildman–Crippen LogP) is 8.34. The van der Waals surface area contributed by atoms with Gasteiger partial charge in [0.1, 0.15) is 17.0 Å². The van der Waals surface area contributed by atoms with Crippen molar-refractivity contribution >= 4 is 0 Å². The van der Waals surface area contributed by atoms with Crippen LogP contribution in [0.25, 0.3) is 0 Å². The van der Waals surface area contributed by atoms with Gasteiger partial charge in [-0.1, -0.05) is 139 Å². The molecule has 264 valence electrons. The van der Waals surface area contributed by atoms with E-state index in [-0.39, 0.29) is 51.0 Å². The van der Waals surface area contributed by atoms with Gasteiger partial charge >= 0.3 is 0 Å². The minimum Gasteiger partial charge on any atom is -0.507 e. The number of rotatable bonds is 10. The van der Waals surface area contributed by atoms with Crippen LogP contribution in [0, 0.1) is 13.8 Å². The fourth-order valence-electron chi connectivity index (χ4n) is 8.46. The number of benzene rings is 5. The Morgan fingerprint density at radius 3 is 1.13 bits per heavy atom. The van der Waals surface area contributed by atoms with Gasteiger partial charge in [-0.2, -0.15) is 6.92 Å². The van der Waals surface area contributed by atoms with Crippen LogP contribution in [0.1, 0.15) is 71.6 Å². The third-order valence-electron chi connectivity index (χ3n) is 10.7. The number of aliphatic hydroxyl groups is 2. The van der Waals surface area contributed by atoms with Crippen LogP contribution < -0.4 is 0 Å². The molecule has 2 aliphatic rings. The molecule has 0 unspecified atom stereocenters. The monoisotopic (exact) mass is 795 g/mol. The predicted molar refractivity (Wildman–Crippen MR) is 203 cm³/mol. The van der Waals surface area contributed by atoms with E-state index < -0.39 is 11.2 Å². The van der Waals surface area contributed by atoms with Crippen LogP contribution in [0.4, 0.5) is 0 Å². The van der Waals surface area contributed by atoms with Crippen LogP contribution in [0.3, 0.4) is 0 Å². The van der Waals surface area contributed by atoms with E-state index in [1.165, 1.54) is 0 Å². The molecule has 2 atom stereocenters. The fourth-order valence-corrected chi connectivity index (χ4v) is 8.46. The molecule has 0 spiro atoms. The topological polar surface area (TPSA) is 67.2 Å². The summed E-state index contributed by atoms with van der Waals surface area (Å²) >= 11 is 0. The molecule has 5 aromatic rings. The van der Waals surface area contributed by atoms with Gasteiger partial charge in [-0.05, 0) is 68.0 Å². The van der Waals surface area contributed by atoms with Crippen molar-refractivity contribution < 1.29 is 54.3 Å². The van der Waals surface area contributed by atoms with E-state index in [9.17, 15) is 15.3 Å². The molecule has 5 nitrogen and oxygen atoms in total. The van der Waals surface area contributed by atoms with Crippen molar-refractivity contribution in [2.24, 2.45) is 0 Å². The molecule has 0 saturated carbocycles. The normalized spacial score (nSPS) is 17.8. The number of aromatic hydroxyl groups is 1. The van der Waals surface area contributed by atoms with Gasteiger partial charge in [0.2, 0.25) is 0 Å². The van der Waals surface area contributed by atoms with Gasteiger partial charge in [0.25, 0.3) is 0 Å². The molecular formula is C45H51N2O3Zn2-. The summed E-state index contributed by atoms with van der Waals surface area (Å²) in [6, 6.07) is 43.9. The summed E-state index contributed by atoms with van der Waals surface area (Å²) < 4.78 is 0. The molecule has 52 heavy (non-hydrogen) atoms. The second-order valence-electron chi connectivity index (χ2n) is 13.7. The molecule has 0 radical (unpaired) electrons. The van der Waals surface area contributed by atoms with Crippen molar-refractivity contribution in [2.75, 3.05) is 13.1 Å². The Morgan fingerprint density at radius 2 is 0.846 bits per heavy atom. The Hall–Kier alpha value is -3.01. The van der Waals surface area contributed by atoms with Gasteiger partial charge in [0.05, 0.1) is 0 Å². The maximum atomic E-state index is 12.6. The van der Waals surface area contributed by atoms with Gasteiger partial charge in [-0.25, -0.2) is 0 Å². The van der Waals surface area contributed by atoms with Gasteiger partial charge < -0.3 is 22.2 Å². The first-order chi connectivity index (χ1) is 24.4. The van der Waals surface area contributed by atoms with Crippen molar-refractivity contribution in [3.05, 3.63) is 179 Å². The van der Waals surface area contributed by atoms with E-state index in [1.807, 2.05) is 121 Å². The number of likely N-dealkylation sites (tertiary alicyclic amines) is 2. The molecule has 2 fully saturated rings. The van der Waals surface area contributed by atoms with Crippen LogP contribution in [0.15, 0.2) is 133 Å². The molecule has 7 heteroatoms. The van der Waals surface area contributed by atoms with Crippen LogP contribution in [-0.2, 0) is 63.2 Å². The number of aryl methyl sites for hydroxylation is 1. The first-order valence-electron chi connectivity index (χ1n) is 18.1. The summed E-state index contributed by atoms with van der Waals surface area (Å²) in [6.07, 6.45) is 3.65. The van der Waals surface area contributed by atoms with Crippen molar-refractivity contribution in [2.45, 2.75) is 75.9 Å². The molecule has 2 saturated heterocycles. The number of hydrogen-bond acceptors (Lipinski definition) is 5. The Morgan fingerprint density at radius 1 is 0.558 bits per heavy atom. The zero-order valence-corrected chi connectivity index (χ0v) is 36.8. The smallest absolute Gasteiger partial charge is 0.130 e. The molecule has 3 N–H and O–H groups in total. The molecule has 2 heterocycles. The summed E-state index contributed by atoms with van der Waals surface area (Å²) in [4.78, 5) is 4.70. The second kappa shape index (κ2) is 18.8. The first-order valence-corrected chi connectivity index (χ1v) is 18.1. The van der Waals surface area contributed by atoms with Gasteiger partial charge in [0.15, 0.2) is 0 Å². The Balaban J connectivity index is 0.00000149. The number of hydrogen-bond donors (Lipinski definition) is 3. The van der Waals surface area contributed by atoms with Crippen molar-refractivity contribution in [1.29, 1.82) is 0 Å². The van der Waals surface area contributed by atoms with Crippen LogP contribution in [0.5, 0.6) is 5.75 Å². The third-order valence-corrected chi connectivity index (χ3v) is 10.7. The van der Waals surface area contributed by atoms with Gasteiger partial charge in [-0.15, -0.1) is 0 Å². The van der Waals surface area contributed by atoms with E-state index in [0.717, 1.165) is 77.7 Å². The average Bonchev–Trinajstić information content (AvgIpc) is 3.85. The molecule has 0 amide bonds. The Kier molecular flexibility index (Phi) is 15.1. The molecular weight excluding hydrogens is 747 g/mol. The zero-order chi connectivity index (χ0) is 35.1. The number of phenols is 1. The number of phenolic OH excluding ortho intramolecular Hbond substituents is 1. The third kappa shape index (κ3) is 8.37. The maximum absolute atomic E-state index is 12.6. The summed E-state index contributed by atoms with van der Waals surface area (Å²) in [5, 5.41) is 37.2. The molecule has 0 aromatic heterocycles. The van der Waals surface area contributed by atoms with Gasteiger partial charge in [0, 0.05) is 75.3 Å². The van der Waals surface area contributed by atoms with Crippen LogP contribution in [0.2, 0.25) is 0 Å². The van der Waals surface area contributed by atoms with Crippen LogP contribution in [-0.4, -0.2) is 50.3 Å². The van der Waals surface area contributed by atoms with Crippen LogP contribution >= 0.6 is 0 Å². The average molecular weight is 799 g/mol. The first kappa shape index (κ1) is 41.7. The Labute approximate surface area is 336 Å². The summed E-state index contributed by atoms with van der Waals surface area (Å²) in [5.41, 5.74) is 3.98. The molecule has 0 aliphatic carbocycles. The van der Waals surface area contributed by atoms with Gasteiger partial charge in [-0.3, -0.25) is 9.80 Å². The molecule has 0 bridgehead atoms.